The summed E-state index contributed by atoms with van der Waals surface area (Å²) < 4.78 is 13.8. The summed E-state index contributed by atoms with van der Waals surface area (Å²) in [5.74, 6) is 0. The van der Waals surface area contributed by atoms with Crippen molar-refractivity contribution in [3.8, 4) is 22.3 Å². The molecule has 2 heterocycles. The Labute approximate surface area is 220 Å². The molecule has 0 saturated carbocycles. The lowest BCUT2D eigenvalue weighted by Crippen LogP contribution is -2.66. The fraction of sp³-hybridized carbons (Fsp3) is 0.143. The quantitative estimate of drug-likeness (QED) is 0.207. The first-order chi connectivity index (χ1) is 17.8. The van der Waals surface area contributed by atoms with E-state index < -0.39 is 0 Å². The first-order valence-corrected chi connectivity index (χ1v) is 13.6. The van der Waals surface area contributed by atoms with Gasteiger partial charge in [-0.2, -0.15) is 0 Å². The molecule has 4 aromatic rings. The van der Waals surface area contributed by atoms with E-state index in [1.54, 1.807) is 0 Å². The number of hydrogen-bond donors (Lipinski definition) is 6. The molecule has 4 unspecified atom stereocenters. The Kier molecular flexibility index (Phi) is 7.36. The fourth-order valence-electron chi connectivity index (χ4n) is 4.46. The molecule has 2 fully saturated rings. The van der Waals surface area contributed by atoms with E-state index in [1.807, 2.05) is 12.1 Å². The molecule has 2 saturated heterocycles. The maximum atomic E-state index is 3.69. The Morgan fingerprint density at radius 1 is 0.389 bits per heavy atom. The number of hydrogen-bond acceptors (Lipinski definition) is 8. The molecule has 0 amide bonds. The zero-order valence-electron chi connectivity index (χ0n) is 19.5. The van der Waals surface area contributed by atoms with Crippen molar-refractivity contribution in [2.75, 3.05) is 0 Å². The zero-order valence-corrected chi connectivity index (χ0v) is 21.2. The van der Waals surface area contributed by atoms with Gasteiger partial charge in [-0.1, -0.05) is 109 Å². The minimum Gasteiger partial charge on any atom is -0.279 e. The van der Waals surface area contributed by atoms with E-state index in [9.17, 15) is 0 Å². The third-order valence-corrected chi connectivity index (χ3v) is 7.90. The molecule has 182 valence electrons. The van der Waals surface area contributed by atoms with Crippen LogP contribution in [-0.2, 0) is 0 Å². The Bertz CT molecular complexity index is 1150. The van der Waals surface area contributed by atoms with Crippen molar-refractivity contribution in [3.63, 3.8) is 0 Å². The fourth-order valence-corrected chi connectivity index (χ4v) is 5.90. The van der Waals surface area contributed by atoms with Crippen LogP contribution in [0.3, 0.4) is 0 Å². The van der Waals surface area contributed by atoms with E-state index in [0.29, 0.717) is 0 Å². The topological polar surface area (TPSA) is 72.2 Å². The van der Waals surface area contributed by atoms with Gasteiger partial charge in [0, 0.05) is 24.3 Å². The van der Waals surface area contributed by atoms with E-state index in [2.05, 4.69) is 127 Å². The summed E-state index contributed by atoms with van der Waals surface area (Å²) in [7, 11) is 0. The van der Waals surface area contributed by atoms with Gasteiger partial charge in [0.25, 0.3) is 0 Å². The molecule has 2 aliphatic rings. The van der Waals surface area contributed by atoms with Crippen molar-refractivity contribution >= 4 is 24.3 Å². The second kappa shape index (κ2) is 11.2. The summed E-state index contributed by atoms with van der Waals surface area (Å²) in [5.41, 5.74) is 7.29. The van der Waals surface area contributed by atoms with Crippen LogP contribution in [0, 0.1) is 0 Å². The molecule has 6 nitrogen and oxygen atoms in total. The smallest absolute Gasteiger partial charge is 0.0991 e. The number of benzene rings is 4. The van der Waals surface area contributed by atoms with Gasteiger partial charge in [0.2, 0.25) is 0 Å². The monoisotopic (exact) mass is 512 g/mol. The molecule has 0 aromatic heterocycles. The summed E-state index contributed by atoms with van der Waals surface area (Å²) in [6.45, 7) is 0. The Morgan fingerprint density at radius 3 is 1.14 bits per heavy atom. The second-order valence-electron chi connectivity index (χ2n) is 8.81. The molecule has 6 N–H and O–H groups in total. The first-order valence-electron chi connectivity index (χ1n) is 12.0. The summed E-state index contributed by atoms with van der Waals surface area (Å²) in [5, 5.41) is 7.38. The van der Waals surface area contributed by atoms with Crippen molar-refractivity contribution in [1.29, 1.82) is 0 Å². The Hall–Kier alpha value is -2.66. The summed E-state index contributed by atoms with van der Waals surface area (Å²) in [6, 6.07) is 38.4. The average molecular weight is 513 g/mol. The molecule has 6 rings (SSSR count). The SMILES string of the molecule is c1ccc(-c2ccc(C3NSNC(C4NSNC(c5ccc(-c6ccccc6)cc5)N4)N3)cc2)cc1. The molecule has 0 bridgehead atoms. The normalized spacial score (nSPS) is 24.3. The lowest BCUT2D eigenvalue weighted by molar-refractivity contribution is 0.267. The molecule has 2 aliphatic heterocycles. The summed E-state index contributed by atoms with van der Waals surface area (Å²) in [4.78, 5) is 0. The standard InChI is InChI=1S/C28H28N6S2/c1-3-7-19(8-4-1)21-11-15-23(16-12-21)25-29-27(33-35-31-25)28-30-26(32-36-34-28)24-17-13-22(14-18-24)20-9-5-2-6-10-20/h1-18,25-34H. The largest absolute Gasteiger partial charge is 0.279 e. The molecule has 4 atom stereocenters. The predicted molar refractivity (Wildman–Crippen MR) is 151 cm³/mol. The maximum Gasteiger partial charge on any atom is 0.0991 e. The first kappa shape index (κ1) is 23.7. The van der Waals surface area contributed by atoms with Crippen LogP contribution >= 0.6 is 24.3 Å². The average Bonchev–Trinajstić information content (AvgIpc) is 2.98. The molecule has 0 aliphatic carbocycles. The van der Waals surface area contributed by atoms with E-state index in [4.69, 9.17) is 0 Å². The highest BCUT2D eigenvalue weighted by molar-refractivity contribution is 7.95. The summed E-state index contributed by atoms with van der Waals surface area (Å²) in [6.07, 6.45) is 0.0720. The molecule has 0 radical (unpaired) electrons. The number of nitrogens with one attached hydrogen (secondary N) is 6. The van der Waals surface area contributed by atoms with E-state index in [-0.39, 0.29) is 24.7 Å². The third kappa shape index (κ3) is 5.36. The van der Waals surface area contributed by atoms with Gasteiger partial charge in [-0.15, -0.1) is 0 Å². The van der Waals surface area contributed by atoms with Crippen LogP contribution in [0.1, 0.15) is 23.5 Å². The molecular weight excluding hydrogens is 484 g/mol. The van der Waals surface area contributed by atoms with Gasteiger partial charge < -0.3 is 0 Å². The molecule has 36 heavy (non-hydrogen) atoms. The minimum absolute atomic E-state index is 0.00995. The highest BCUT2D eigenvalue weighted by atomic mass is 32.2. The maximum absolute atomic E-state index is 3.69. The molecule has 8 heteroatoms. The third-order valence-electron chi connectivity index (χ3n) is 6.45. The summed E-state index contributed by atoms with van der Waals surface area (Å²) >= 11 is 3.05. The lowest BCUT2D eigenvalue weighted by atomic mass is 10.0. The van der Waals surface area contributed by atoms with Gasteiger partial charge in [-0.25, -0.2) is 18.9 Å². The van der Waals surface area contributed by atoms with E-state index in [0.717, 1.165) is 0 Å². The van der Waals surface area contributed by atoms with Crippen molar-refractivity contribution in [1.82, 2.24) is 29.5 Å². The zero-order chi connectivity index (χ0) is 24.2. The van der Waals surface area contributed by atoms with Gasteiger partial charge in [0.15, 0.2) is 0 Å². The van der Waals surface area contributed by atoms with Crippen LogP contribution in [0.25, 0.3) is 22.3 Å². The van der Waals surface area contributed by atoms with Crippen LogP contribution in [0.2, 0.25) is 0 Å². The highest BCUT2D eigenvalue weighted by Gasteiger charge is 2.32. The van der Waals surface area contributed by atoms with E-state index in [1.165, 1.54) is 57.6 Å². The van der Waals surface area contributed by atoms with Crippen LogP contribution in [0.4, 0.5) is 0 Å². The van der Waals surface area contributed by atoms with Crippen molar-refractivity contribution in [2.24, 2.45) is 0 Å². The molecular formula is C28H28N6S2. The van der Waals surface area contributed by atoms with Crippen LogP contribution in [0.5, 0.6) is 0 Å². The number of rotatable bonds is 5. The molecule has 0 spiro atoms. The highest BCUT2D eigenvalue weighted by Crippen LogP contribution is 2.26. The molecule has 4 aromatic carbocycles. The van der Waals surface area contributed by atoms with Crippen LogP contribution in [-0.4, -0.2) is 12.3 Å². The van der Waals surface area contributed by atoms with Gasteiger partial charge in [0.05, 0.1) is 24.7 Å². The van der Waals surface area contributed by atoms with E-state index >= 15 is 0 Å². The van der Waals surface area contributed by atoms with Crippen molar-refractivity contribution in [2.45, 2.75) is 24.7 Å². The van der Waals surface area contributed by atoms with Crippen LogP contribution in [0.15, 0.2) is 109 Å². The minimum atomic E-state index is 0.00995. The van der Waals surface area contributed by atoms with Gasteiger partial charge in [-0.05, 0) is 33.4 Å². The predicted octanol–water partition coefficient (Wildman–Crippen LogP) is 5.06. The van der Waals surface area contributed by atoms with Gasteiger partial charge >= 0.3 is 0 Å². The van der Waals surface area contributed by atoms with Crippen LogP contribution < -0.4 is 29.5 Å². The second-order valence-corrected chi connectivity index (χ2v) is 10.2. The van der Waals surface area contributed by atoms with Gasteiger partial charge in [-0.3, -0.25) is 10.6 Å². The Morgan fingerprint density at radius 2 is 0.750 bits per heavy atom. The van der Waals surface area contributed by atoms with Crippen molar-refractivity contribution in [3.05, 3.63) is 120 Å². The van der Waals surface area contributed by atoms with Crippen molar-refractivity contribution < 1.29 is 0 Å². The Balaban J connectivity index is 1.11. The lowest BCUT2D eigenvalue weighted by Gasteiger charge is -2.41. The van der Waals surface area contributed by atoms with Gasteiger partial charge in [0.1, 0.15) is 0 Å².